The molecule has 0 radical (unpaired) electrons. The van der Waals surface area contributed by atoms with E-state index in [1.54, 1.807) is 18.2 Å². The van der Waals surface area contributed by atoms with Crippen LogP contribution in [-0.4, -0.2) is 25.5 Å². The lowest BCUT2D eigenvalue weighted by molar-refractivity contribution is -0.148. The Morgan fingerprint density at radius 3 is 2.87 bits per heavy atom. The first-order valence-electron chi connectivity index (χ1n) is 7.89. The molecule has 1 aromatic carbocycles. The number of methoxy groups -OCH3 is 1. The van der Waals surface area contributed by atoms with E-state index in [0.29, 0.717) is 11.6 Å². The Kier molecular flexibility index (Phi) is 6.66. The summed E-state index contributed by atoms with van der Waals surface area (Å²) >= 11 is 5.90. The zero-order chi connectivity index (χ0) is 16.7. The van der Waals surface area contributed by atoms with E-state index < -0.39 is 0 Å². The molecule has 1 aromatic rings. The number of hydrogen-bond acceptors (Lipinski definition) is 3. The molecule has 2 atom stereocenters. The molecule has 1 aliphatic rings. The number of nitrogens with one attached hydrogen (secondary N) is 1. The fourth-order valence-electron chi connectivity index (χ4n) is 2.99. The van der Waals surface area contributed by atoms with Gasteiger partial charge in [-0.1, -0.05) is 36.6 Å². The first-order chi connectivity index (χ1) is 11.1. The van der Waals surface area contributed by atoms with Crippen molar-refractivity contribution >= 4 is 29.6 Å². The summed E-state index contributed by atoms with van der Waals surface area (Å²) in [5.41, 5.74) is 0.873. The Balaban J connectivity index is 1.86. The van der Waals surface area contributed by atoms with Gasteiger partial charge in [-0.25, -0.2) is 0 Å². The van der Waals surface area contributed by atoms with Crippen LogP contribution in [0.4, 0.5) is 0 Å². The standard InChI is InChI=1S/C18H22ClNO3/c1-23-18(22)16-8-3-2-6-14(16)12-20-17(21)10-9-13-5-4-7-15(19)11-13/h4-5,7,9-11,14,16H,2-3,6,8,12H2,1H3,(H,20,21)/b10-9+. The third-order valence-corrected chi connectivity index (χ3v) is 4.46. The molecule has 23 heavy (non-hydrogen) atoms. The molecule has 2 rings (SSSR count). The van der Waals surface area contributed by atoms with Crippen molar-refractivity contribution in [3.05, 3.63) is 40.9 Å². The molecule has 1 amide bonds. The van der Waals surface area contributed by atoms with Gasteiger partial charge in [0.25, 0.3) is 0 Å². The molecule has 0 bridgehead atoms. The van der Waals surface area contributed by atoms with Crippen LogP contribution in [0.2, 0.25) is 5.02 Å². The largest absolute Gasteiger partial charge is 0.469 e. The number of carbonyl (C=O) groups excluding carboxylic acids is 2. The third kappa shape index (κ3) is 5.39. The molecule has 0 aromatic heterocycles. The molecular weight excluding hydrogens is 314 g/mol. The van der Waals surface area contributed by atoms with E-state index in [1.807, 2.05) is 12.1 Å². The van der Waals surface area contributed by atoms with Crippen molar-refractivity contribution in [2.75, 3.05) is 13.7 Å². The highest BCUT2D eigenvalue weighted by atomic mass is 35.5. The Hall–Kier alpha value is -1.81. The van der Waals surface area contributed by atoms with Crippen LogP contribution in [0.25, 0.3) is 6.08 Å². The first kappa shape index (κ1) is 17.5. The molecule has 2 unspecified atom stereocenters. The molecule has 5 heteroatoms. The lowest BCUT2D eigenvalue weighted by Gasteiger charge is -2.29. The molecule has 0 spiro atoms. The van der Waals surface area contributed by atoms with Gasteiger partial charge in [-0.05, 0) is 42.5 Å². The Morgan fingerprint density at radius 1 is 1.35 bits per heavy atom. The van der Waals surface area contributed by atoms with Crippen LogP contribution in [0.15, 0.2) is 30.3 Å². The van der Waals surface area contributed by atoms with Crippen LogP contribution < -0.4 is 5.32 Å². The van der Waals surface area contributed by atoms with Crippen LogP contribution in [0, 0.1) is 11.8 Å². The number of halogens is 1. The summed E-state index contributed by atoms with van der Waals surface area (Å²) in [7, 11) is 1.42. The molecule has 1 aliphatic carbocycles. The highest BCUT2D eigenvalue weighted by molar-refractivity contribution is 6.30. The van der Waals surface area contributed by atoms with Gasteiger partial charge in [0.2, 0.25) is 5.91 Å². The maximum atomic E-state index is 11.9. The second kappa shape index (κ2) is 8.73. The van der Waals surface area contributed by atoms with Gasteiger partial charge in [-0.3, -0.25) is 9.59 Å². The van der Waals surface area contributed by atoms with Crippen LogP contribution in [0.5, 0.6) is 0 Å². The quantitative estimate of drug-likeness (QED) is 0.662. The summed E-state index contributed by atoms with van der Waals surface area (Å²) in [6.45, 7) is 0.498. The maximum absolute atomic E-state index is 11.9. The Labute approximate surface area is 141 Å². The van der Waals surface area contributed by atoms with Gasteiger partial charge in [0.1, 0.15) is 0 Å². The first-order valence-corrected chi connectivity index (χ1v) is 8.27. The topological polar surface area (TPSA) is 55.4 Å². The zero-order valence-electron chi connectivity index (χ0n) is 13.3. The van der Waals surface area contributed by atoms with Crippen LogP contribution in [0.3, 0.4) is 0 Å². The van der Waals surface area contributed by atoms with Gasteiger partial charge in [0.05, 0.1) is 13.0 Å². The summed E-state index contributed by atoms with van der Waals surface area (Å²) in [6.07, 6.45) is 7.12. The van der Waals surface area contributed by atoms with Gasteiger partial charge >= 0.3 is 5.97 Å². The van der Waals surface area contributed by atoms with Gasteiger partial charge < -0.3 is 10.1 Å². The number of ether oxygens (including phenoxy) is 1. The Morgan fingerprint density at radius 2 is 2.13 bits per heavy atom. The van der Waals surface area contributed by atoms with Crippen molar-refractivity contribution in [2.45, 2.75) is 25.7 Å². The fraction of sp³-hybridized carbons (Fsp3) is 0.444. The van der Waals surface area contributed by atoms with E-state index in [1.165, 1.54) is 13.2 Å². The summed E-state index contributed by atoms with van der Waals surface area (Å²) in [5.74, 6) is -0.289. The molecule has 0 heterocycles. The molecule has 124 valence electrons. The van der Waals surface area contributed by atoms with Gasteiger partial charge in [0, 0.05) is 17.6 Å². The van der Waals surface area contributed by atoms with E-state index in [9.17, 15) is 9.59 Å². The van der Waals surface area contributed by atoms with E-state index in [-0.39, 0.29) is 23.7 Å². The van der Waals surface area contributed by atoms with Gasteiger partial charge in [0.15, 0.2) is 0 Å². The average molecular weight is 336 g/mol. The average Bonchev–Trinajstić information content (AvgIpc) is 2.57. The summed E-state index contributed by atoms with van der Waals surface area (Å²) < 4.78 is 4.87. The number of hydrogen-bond donors (Lipinski definition) is 1. The van der Waals surface area contributed by atoms with Crippen LogP contribution in [-0.2, 0) is 14.3 Å². The van der Waals surface area contributed by atoms with E-state index in [0.717, 1.165) is 31.2 Å². The number of amides is 1. The van der Waals surface area contributed by atoms with E-state index in [4.69, 9.17) is 16.3 Å². The highest BCUT2D eigenvalue weighted by Crippen LogP contribution is 2.30. The predicted molar refractivity (Wildman–Crippen MR) is 91.0 cm³/mol. The lowest BCUT2D eigenvalue weighted by Crippen LogP contribution is -2.37. The number of carbonyl (C=O) groups is 2. The second-order valence-electron chi connectivity index (χ2n) is 5.81. The minimum atomic E-state index is -0.168. The Bertz CT molecular complexity index is 585. The van der Waals surface area contributed by atoms with Crippen molar-refractivity contribution in [3.8, 4) is 0 Å². The second-order valence-corrected chi connectivity index (χ2v) is 6.24. The predicted octanol–water partition coefficient (Wildman–Crippen LogP) is 3.45. The third-order valence-electron chi connectivity index (χ3n) is 4.23. The number of benzene rings is 1. The van der Waals surface area contributed by atoms with Crippen molar-refractivity contribution in [1.82, 2.24) is 5.32 Å². The summed E-state index contributed by atoms with van der Waals surface area (Å²) in [4.78, 5) is 23.7. The molecule has 1 saturated carbocycles. The summed E-state index contributed by atoms with van der Waals surface area (Å²) in [5, 5.41) is 3.51. The molecule has 0 aliphatic heterocycles. The summed E-state index contributed by atoms with van der Waals surface area (Å²) in [6, 6.07) is 7.29. The molecule has 4 nitrogen and oxygen atoms in total. The molecule has 1 fully saturated rings. The fourth-order valence-corrected chi connectivity index (χ4v) is 3.19. The SMILES string of the molecule is COC(=O)C1CCCCC1CNC(=O)/C=C/c1cccc(Cl)c1. The van der Waals surface area contributed by atoms with Gasteiger partial charge in [-0.15, -0.1) is 0 Å². The van der Waals surface area contributed by atoms with Crippen LogP contribution in [0.1, 0.15) is 31.2 Å². The van der Waals surface area contributed by atoms with Gasteiger partial charge in [-0.2, -0.15) is 0 Å². The van der Waals surface area contributed by atoms with Crippen molar-refractivity contribution in [3.63, 3.8) is 0 Å². The molecule has 1 N–H and O–H groups in total. The smallest absolute Gasteiger partial charge is 0.309 e. The lowest BCUT2D eigenvalue weighted by atomic mass is 9.79. The minimum absolute atomic E-state index is 0.106. The maximum Gasteiger partial charge on any atom is 0.309 e. The molecular formula is C18H22ClNO3. The number of rotatable bonds is 5. The normalized spacial score (nSPS) is 21.1. The van der Waals surface area contributed by atoms with Crippen molar-refractivity contribution in [1.29, 1.82) is 0 Å². The minimum Gasteiger partial charge on any atom is -0.469 e. The van der Waals surface area contributed by atoms with E-state index >= 15 is 0 Å². The monoisotopic (exact) mass is 335 g/mol. The number of esters is 1. The van der Waals surface area contributed by atoms with Crippen molar-refractivity contribution in [2.24, 2.45) is 11.8 Å². The van der Waals surface area contributed by atoms with E-state index in [2.05, 4.69) is 5.32 Å². The molecule has 0 saturated heterocycles. The van der Waals surface area contributed by atoms with Crippen molar-refractivity contribution < 1.29 is 14.3 Å². The zero-order valence-corrected chi connectivity index (χ0v) is 14.0. The van der Waals surface area contributed by atoms with Crippen LogP contribution >= 0.6 is 11.6 Å². The highest BCUT2D eigenvalue weighted by Gasteiger charge is 2.31.